The molecule has 3 N–H and O–H groups in total. The third kappa shape index (κ3) is 4.54. The van der Waals surface area contributed by atoms with Crippen molar-refractivity contribution in [2.45, 2.75) is 0 Å². The zero-order valence-corrected chi connectivity index (χ0v) is 10.3. The molecule has 1 heterocycles. The number of anilines is 2. The van der Waals surface area contributed by atoms with E-state index in [4.69, 9.17) is 0 Å². The van der Waals surface area contributed by atoms with Gasteiger partial charge in [0.1, 0.15) is 5.82 Å². The Morgan fingerprint density at radius 1 is 1.41 bits per heavy atom. The van der Waals surface area contributed by atoms with Gasteiger partial charge in [-0.3, -0.25) is 0 Å². The van der Waals surface area contributed by atoms with Crippen molar-refractivity contribution >= 4 is 17.8 Å². The lowest BCUT2D eigenvalue weighted by Crippen LogP contribution is -2.37. The number of rotatable bonds is 5. The van der Waals surface area contributed by atoms with Crippen LogP contribution < -0.4 is 16.0 Å². The minimum atomic E-state index is -0.106. The smallest absolute Gasteiger partial charge is 0.316 e. The number of nitrogens with one attached hydrogen (secondary N) is 3. The molecular weight excluding hydrogens is 220 g/mol. The topological polar surface area (TPSA) is 82.2 Å². The molecule has 0 bridgehead atoms. The molecule has 1 aromatic rings. The largest absolute Gasteiger partial charge is 0.368 e. The summed E-state index contributed by atoms with van der Waals surface area (Å²) in [6.07, 6.45) is 1.67. The molecule has 0 fully saturated rings. The van der Waals surface area contributed by atoms with Crippen LogP contribution in [0.25, 0.3) is 0 Å². The van der Waals surface area contributed by atoms with Crippen molar-refractivity contribution in [1.29, 1.82) is 0 Å². The third-order valence-electron chi connectivity index (χ3n) is 1.99. The SMILES string of the molecule is CNc1nccc(NCCNC(=O)N(C)C)n1. The molecular formula is C10H18N6O. The first-order valence-corrected chi connectivity index (χ1v) is 5.33. The van der Waals surface area contributed by atoms with Crippen LogP contribution in [0.5, 0.6) is 0 Å². The van der Waals surface area contributed by atoms with Crippen molar-refractivity contribution in [2.24, 2.45) is 0 Å². The van der Waals surface area contributed by atoms with Gasteiger partial charge in [0.2, 0.25) is 5.95 Å². The van der Waals surface area contributed by atoms with Crippen molar-refractivity contribution in [1.82, 2.24) is 20.2 Å². The third-order valence-corrected chi connectivity index (χ3v) is 1.99. The fourth-order valence-electron chi connectivity index (χ4n) is 1.10. The van der Waals surface area contributed by atoms with Crippen molar-refractivity contribution in [3.63, 3.8) is 0 Å². The van der Waals surface area contributed by atoms with Crippen molar-refractivity contribution in [2.75, 3.05) is 44.9 Å². The maximum absolute atomic E-state index is 11.2. The highest BCUT2D eigenvalue weighted by atomic mass is 16.2. The molecule has 2 amide bonds. The highest BCUT2D eigenvalue weighted by molar-refractivity contribution is 5.73. The average Bonchev–Trinajstić information content (AvgIpc) is 2.34. The summed E-state index contributed by atoms with van der Waals surface area (Å²) in [4.78, 5) is 20.9. The van der Waals surface area contributed by atoms with Gasteiger partial charge >= 0.3 is 6.03 Å². The molecule has 0 radical (unpaired) electrons. The molecule has 0 aliphatic heterocycles. The Kier molecular flexibility index (Phi) is 4.99. The molecule has 0 aliphatic rings. The van der Waals surface area contributed by atoms with Gasteiger partial charge in [-0.15, -0.1) is 0 Å². The number of carbonyl (C=O) groups excluding carboxylic acids is 1. The summed E-state index contributed by atoms with van der Waals surface area (Å²) in [5.41, 5.74) is 0. The normalized spacial score (nSPS) is 9.59. The van der Waals surface area contributed by atoms with Crippen LogP contribution in [-0.2, 0) is 0 Å². The molecule has 0 atom stereocenters. The molecule has 7 heteroatoms. The van der Waals surface area contributed by atoms with Gasteiger partial charge in [-0.05, 0) is 6.07 Å². The Labute approximate surface area is 101 Å². The number of nitrogens with zero attached hydrogens (tertiary/aromatic N) is 3. The second-order valence-electron chi connectivity index (χ2n) is 3.57. The van der Waals surface area contributed by atoms with E-state index in [9.17, 15) is 4.79 Å². The minimum absolute atomic E-state index is 0.106. The Hall–Kier alpha value is -2.05. The molecule has 0 spiro atoms. The fraction of sp³-hybridized carbons (Fsp3) is 0.500. The summed E-state index contributed by atoms with van der Waals surface area (Å²) < 4.78 is 0. The summed E-state index contributed by atoms with van der Waals surface area (Å²) in [6.45, 7) is 1.15. The molecule has 1 aromatic heterocycles. The number of amides is 2. The van der Waals surface area contributed by atoms with E-state index < -0.39 is 0 Å². The average molecular weight is 238 g/mol. The van der Waals surface area contributed by atoms with E-state index in [0.29, 0.717) is 19.0 Å². The van der Waals surface area contributed by atoms with Crippen molar-refractivity contribution in [3.8, 4) is 0 Å². The second kappa shape index (κ2) is 6.51. The van der Waals surface area contributed by atoms with E-state index >= 15 is 0 Å². The van der Waals surface area contributed by atoms with E-state index in [0.717, 1.165) is 5.82 Å². The minimum Gasteiger partial charge on any atom is -0.368 e. The molecule has 7 nitrogen and oxygen atoms in total. The first-order chi connectivity index (χ1) is 8.13. The lowest BCUT2D eigenvalue weighted by atomic mass is 10.5. The number of aromatic nitrogens is 2. The van der Waals surface area contributed by atoms with Crippen LogP contribution in [0.1, 0.15) is 0 Å². The van der Waals surface area contributed by atoms with E-state index in [-0.39, 0.29) is 6.03 Å². The van der Waals surface area contributed by atoms with Crippen LogP contribution in [0, 0.1) is 0 Å². The quantitative estimate of drug-likeness (QED) is 0.638. The molecule has 0 saturated heterocycles. The zero-order chi connectivity index (χ0) is 12.7. The van der Waals surface area contributed by atoms with Crippen LogP contribution in [0.3, 0.4) is 0 Å². The number of urea groups is 1. The second-order valence-corrected chi connectivity index (χ2v) is 3.57. The summed E-state index contributed by atoms with van der Waals surface area (Å²) >= 11 is 0. The molecule has 94 valence electrons. The van der Waals surface area contributed by atoms with Crippen molar-refractivity contribution in [3.05, 3.63) is 12.3 Å². The van der Waals surface area contributed by atoms with Gasteiger partial charge in [-0.1, -0.05) is 0 Å². The Balaban J connectivity index is 2.28. The van der Waals surface area contributed by atoms with Crippen LogP contribution in [-0.4, -0.2) is 55.1 Å². The molecule has 0 saturated carbocycles. The molecule has 0 unspecified atom stereocenters. The lowest BCUT2D eigenvalue weighted by molar-refractivity contribution is 0.218. The Bertz CT molecular complexity index is 368. The fourth-order valence-corrected chi connectivity index (χ4v) is 1.10. The summed E-state index contributed by atoms with van der Waals surface area (Å²) in [7, 11) is 5.16. The van der Waals surface area contributed by atoms with Gasteiger partial charge in [0, 0.05) is 40.4 Å². The predicted octanol–water partition coefficient (Wildman–Crippen LogP) is 0.201. The van der Waals surface area contributed by atoms with Crippen LogP contribution in [0.15, 0.2) is 12.3 Å². The summed E-state index contributed by atoms with van der Waals surface area (Å²) in [5.74, 6) is 1.29. The standard InChI is InChI=1S/C10H18N6O/c1-11-9-13-5-4-8(15-9)12-6-7-14-10(17)16(2)3/h4-5H,6-7H2,1-3H3,(H,14,17)(H2,11,12,13,15). The molecule has 1 rings (SSSR count). The first kappa shape index (κ1) is 13.0. The van der Waals surface area contributed by atoms with Crippen LogP contribution in [0.2, 0.25) is 0 Å². The van der Waals surface area contributed by atoms with E-state index in [1.54, 1.807) is 33.4 Å². The summed E-state index contributed by atoms with van der Waals surface area (Å²) in [6, 6.07) is 1.67. The monoisotopic (exact) mass is 238 g/mol. The molecule has 0 aromatic carbocycles. The Morgan fingerprint density at radius 3 is 2.82 bits per heavy atom. The molecule has 0 aliphatic carbocycles. The first-order valence-electron chi connectivity index (χ1n) is 5.33. The van der Waals surface area contributed by atoms with Gasteiger partial charge < -0.3 is 20.9 Å². The van der Waals surface area contributed by atoms with E-state index in [1.807, 2.05) is 0 Å². The van der Waals surface area contributed by atoms with E-state index in [2.05, 4.69) is 25.9 Å². The summed E-state index contributed by atoms with van der Waals surface area (Å²) in [5, 5.41) is 8.69. The predicted molar refractivity (Wildman–Crippen MR) is 67.2 cm³/mol. The van der Waals surface area contributed by atoms with Crippen LogP contribution >= 0.6 is 0 Å². The number of hydrogen-bond donors (Lipinski definition) is 3. The number of hydrogen-bond acceptors (Lipinski definition) is 5. The van der Waals surface area contributed by atoms with Gasteiger partial charge in [-0.2, -0.15) is 4.98 Å². The highest BCUT2D eigenvalue weighted by Crippen LogP contribution is 2.03. The van der Waals surface area contributed by atoms with Gasteiger partial charge in [-0.25, -0.2) is 9.78 Å². The van der Waals surface area contributed by atoms with Crippen molar-refractivity contribution < 1.29 is 4.79 Å². The van der Waals surface area contributed by atoms with Gasteiger partial charge in [0.15, 0.2) is 0 Å². The van der Waals surface area contributed by atoms with Crippen LogP contribution in [0.4, 0.5) is 16.6 Å². The maximum atomic E-state index is 11.2. The van der Waals surface area contributed by atoms with Gasteiger partial charge in [0.25, 0.3) is 0 Å². The van der Waals surface area contributed by atoms with E-state index in [1.165, 1.54) is 4.90 Å². The zero-order valence-electron chi connectivity index (χ0n) is 10.3. The lowest BCUT2D eigenvalue weighted by Gasteiger charge is -2.12. The Morgan fingerprint density at radius 2 is 2.18 bits per heavy atom. The number of carbonyl (C=O) groups is 1. The highest BCUT2D eigenvalue weighted by Gasteiger charge is 2.01. The van der Waals surface area contributed by atoms with Gasteiger partial charge in [0.05, 0.1) is 0 Å². The maximum Gasteiger partial charge on any atom is 0.316 e. The molecule has 17 heavy (non-hydrogen) atoms.